The van der Waals surface area contributed by atoms with Gasteiger partial charge < -0.3 is 10.2 Å². The van der Waals surface area contributed by atoms with Crippen LogP contribution < -0.4 is 5.32 Å². The summed E-state index contributed by atoms with van der Waals surface area (Å²) in [7, 11) is -3.63. The number of para-hydroxylation sites is 1. The van der Waals surface area contributed by atoms with Crippen LogP contribution in [0.5, 0.6) is 0 Å². The summed E-state index contributed by atoms with van der Waals surface area (Å²) >= 11 is 0.318. The van der Waals surface area contributed by atoms with Crippen molar-refractivity contribution >= 4 is 39.2 Å². The topological polar surface area (TPSA) is 78.8 Å². The van der Waals surface area contributed by atoms with Crippen LogP contribution >= 0.6 is 11.8 Å². The van der Waals surface area contributed by atoms with Crippen LogP contribution in [0.3, 0.4) is 0 Å². The summed E-state index contributed by atoms with van der Waals surface area (Å²) in [6, 6.07) is 6.16. The van der Waals surface area contributed by atoms with Crippen LogP contribution in [0.15, 0.2) is 57.5 Å². The first kappa shape index (κ1) is 17.6. The molecule has 0 radical (unpaired) electrons. The Morgan fingerprint density at radius 3 is 2.84 bits per heavy atom. The predicted molar refractivity (Wildman–Crippen MR) is 92.1 cm³/mol. The average Bonchev–Trinajstić information content (AvgIpc) is 2.54. The number of allylic oxidation sites excluding steroid dienone is 2. The van der Waals surface area contributed by atoms with E-state index in [4.69, 9.17) is 0 Å². The summed E-state index contributed by atoms with van der Waals surface area (Å²) in [5, 5.41) is 2.55. The first-order valence-electron chi connectivity index (χ1n) is 7.19. The molecule has 25 heavy (non-hydrogen) atoms. The summed E-state index contributed by atoms with van der Waals surface area (Å²) in [5.41, 5.74) is 0.279. The second kappa shape index (κ2) is 6.96. The second-order valence-corrected chi connectivity index (χ2v) is 7.93. The first-order valence-corrected chi connectivity index (χ1v) is 9.68. The number of nitrogens with zero attached hydrogens (tertiary/aromatic N) is 2. The SMILES string of the molecule is O=C(Nc1ccccc1SC(F)F)C1=CC=CN2CCS(=O)(=O)N=C12. The number of alkyl halides is 2. The highest BCUT2D eigenvalue weighted by Crippen LogP contribution is 2.32. The highest BCUT2D eigenvalue weighted by molar-refractivity contribution is 7.99. The summed E-state index contributed by atoms with van der Waals surface area (Å²) in [6.07, 6.45) is 4.67. The van der Waals surface area contributed by atoms with Crippen molar-refractivity contribution < 1.29 is 22.0 Å². The Labute approximate surface area is 147 Å². The van der Waals surface area contributed by atoms with Gasteiger partial charge in [-0.05, 0) is 24.3 Å². The van der Waals surface area contributed by atoms with Crippen molar-refractivity contribution in [3.05, 3.63) is 48.2 Å². The third-order valence-corrected chi connectivity index (χ3v) is 5.39. The van der Waals surface area contributed by atoms with Crippen molar-refractivity contribution in [1.29, 1.82) is 0 Å². The minimum Gasteiger partial charge on any atom is -0.331 e. The monoisotopic (exact) mass is 385 g/mol. The Kier molecular flexibility index (Phi) is 4.91. The smallest absolute Gasteiger partial charge is 0.288 e. The summed E-state index contributed by atoms with van der Waals surface area (Å²) in [4.78, 5) is 14.3. The van der Waals surface area contributed by atoms with Gasteiger partial charge in [-0.1, -0.05) is 23.9 Å². The molecule has 0 saturated heterocycles. The average molecular weight is 385 g/mol. The number of nitrogens with one attached hydrogen (secondary N) is 1. The fraction of sp³-hybridized carbons (Fsp3) is 0.200. The second-order valence-electron chi connectivity index (χ2n) is 5.14. The van der Waals surface area contributed by atoms with E-state index in [2.05, 4.69) is 9.71 Å². The van der Waals surface area contributed by atoms with Gasteiger partial charge in [-0.3, -0.25) is 4.79 Å². The number of hydrogen-bond acceptors (Lipinski definition) is 5. The number of rotatable bonds is 4. The normalized spacial score (nSPS) is 18.4. The highest BCUT2D eigenvalue weighted by Gasteiger charge is 2.30. The maximum Gasteiger partial charge on any atom is 0.288 e. The molecule has 1 N–H and O–H groups in total. The van der Waals surface area contributed by atoms with Gasteiger partial charge in [0.15, 0.2) is 5.84 Å². The van der Waals surface area contributed by atoms with E-state index in [0.717, 1.165) is 0 Å². The maximum absolute atomic E-state index is 12.6. The van der Waals surface area contributed by atoms with Gasteiger partial charge in [0, 0.05) is 17.6 Å². The molecule has 0 saturated carbocycles. The third kappa shape index (κ3) is 4.07. The molecule has 0 unspecified atom stereocenters. The summed E-state index contributed by atoms with van der Waals surface area (Å²) in [6.45, 7) is 0.195. The van der Waals surface area contributed by atoms with E-state index in [9.17, 15) is 22.0 Å². The number of sulfonamides is 1. The van der Waals surface area contributed by atoms with Gasteiger partial charge in [0.05, 0.1) is 17.0 Å². The molecule has 6 nitrogen and oxygen atoms in total. The zero-order valence-corrected chi connectivity index (χ0v) is 14.4. The van der Waals surface area contributed by atoms with Crippen molar-refractivity contribution in [1.82, 2.24) is 4.90 Å². The first-order chi connectivity index (χ1) is 11.9. The number of amides is 1. The Morgan fingerprint density at radius 2 is 2.08 bits per heavy atom. The summed E-state index contributed by atoms with van der Waals surface area (Å²) in [5.74, 6) is -3.35. The van der Waals surface area contributed by atoms with E-state index in [1.54, 1.807) is 29.3 Å². The molecule has 0 fully saturated rings. The van der Waals surface area contributed by atoms with Gasteiger partial charge in [0.1, 0.15) is 0 Å². The molecule has 2 heterocycles. The molecular formula is C15H13F2N3O3S2. The number of hydrogen-bond donors (Lipinski definition) is 1. The molecular weight excluding hydrogens is 372 g/mol. The van der Waals surface area contributed by atoms with Crippen molar-refractivity contribution in [2.75, 3.05) is 17.6 Å². The molecule has 132 valence electrons. The fourth-order valence-electron chi connectivity index (χ4n) is 2.35. The number of anilines is 1. The van der Waals surface area contributed by atoms with Crippen LogP contribution in [0.2, 0.25) is 0 Å². The van der Waals surface area contributed by atoms with Gasteiger partial charge >= 0.3 is 0 Å². The van der Waals surface area contributed by atoms with Crippen LogP contribution in [0.25, 0.3) is 0 Å². The lowest BCUT2D eigenvalue weighted by atomic mass is 10.1. The van der Waals surface area contributed by atoms with E-state index < -0.39 is 21.7 Å². The van der Waals surface area contributed by atoms with Crippen molar-refractivity contribution in [3.63, 3.8) is 0 Å². The minimum atomic E-state index is -3.63. The zero-order valence-electron chi connectivity index (χ0n) is 12.7. The lowest BCUT2D eigenvalue weighted by Crippen LogP contribution is -2.40. The van der Waals surface area contributed by atoms with Crippen LogP contribution in [-0.2, 0) is 14.8 Å². The van der Waals surface area contributed by atoms with Gasteiger partial charge in [-0.25, -0.2) is 8.42 Å². The van der Waals surface area contributed by atoms with Crippen molar-refractivity contribution in [2.45, 2.75) is 10.7 Å². The lowest BCUT2D eigenvalue weighted by Gasteiger charge is -2.28. The van der Waals surface area contributed by atoms with Gasteiger partial charge in [-0.15, -0.1) is 4.40 Å². The molecule has 2 aliphatic heterocycles. The maximum atomic E-state index is 12.6. The molecule has 1 aromatic rings. The number of halogens is 2. The Morgan fingerprint density at radius 1 is 1.32 bits per heavy atom. The van der Waals surface area contributed by atoms with E-state index in [1.165, 1.54) is 18.2 Å². The van der Waals surface area contributed by atoms with Crippen LogP contribution in [0, 0.1) is 0 Å². The largest absolute Gasteiger partial charge is 0.331 e. The van der Waals surface area contributed by atoms with Gasteiger partial charge in [0.25, 0.3) is 21.7 Å². The zero-order chi connectivity index (χ0) is 18.0. The van der Waals surface area contributed by atoms with Crippen LogP contribution in [0.4, 0.5) is 14.5 Å². The predicted octanol–water partition coefficient (Wildman–Crippen LogP) is 2.44. The summed E-state index contributed by atoms with van der Waals surface area (Å²) < 4.78 is 52.4. The Hall–Kier alpha value is -2.20. The quantitative estimate of drug-likeness (QED) is 0.806. The molecule has 0 bridgehead atoms. The Balaban J connectivity index is 1.88. The molecule has 2 aliphatic rings. The van der Waals surface area contributed by atoms with E-state index in [1.807, 2.05) is 0 Å². The Bertz CT molecular complexity index is 895. The molecule has 10 heteroatoms. The number of thioether (sulfide) groups is 1. The van der Waals surface area contributed by atoms with Crippen LogP contribution in [-0.4, -0.2) is 43.1 Å². The molecule has 0 aliphatic carbocycles. The minimum absolute atomic E-state index is 0.0326. The number of amidine groups is 1. The van der Waals surface area contributed by atoms with E-state index in [-0.39, 0.29) is 34.3 Å². The molecule has 1 amide bonds. The fourth-order valence-corrected chi connectivity index (χ4v) is 3.93. The number of benzene rings is 1. The number of carbonyl (C=O) groups is 1. The van der Waals surface area contributed by atoms with E-state index >= 15 is 0 Å². The highest BCUT2D eigenvalue weighted by atomic mass is 32.2. The van der Waals surface area contributed by atoms with Crippen molar-refractivity contribution in [2.24, 2.45) is 4.40 Å². The molecule has 0 aromatic heterocycles. The molecule has 0 atom stereocenters. The number of carbonyl (C=O) groups excluding carboxylic acids is 1. The molecule has 3 rings (SSSR count). The number of fused-ring (bicyclic) bond motifs is 1. The van der Waals surface area contributed by atoms with E-state index in [0.29, 0.717) is 11.8 Å². The van der Waals surface area contributed by atoms with Crippen LogP contribution in [0.1, 0.15) is 0 Å². The molecule has 1 aromatic carbocycles. The lowest BCUT2D eigenvalue weighted by molar-refractivity contribution is -0.112. The third-order valence-electron chi connectivity index (χ3n) is 3.45. The van der Waals surface area contributed by atoms with Gasteiger partial charge in [-0.2, -0.15) is 8.78 Å². The standard InChI is InChI=1S/C15H13F2N3O3S2/c16-15(17)24-12-6-2-1-5-11(12)18-14(21)10-4-3-7-20-8-9-25(22,23)19-13(10)20/h1-7,15H,8-9H2,(H,18,21). The van der Waals surface area contributed by atoms with Gasteiger partial charge in [0.2, 0.25) is 0 Å². The molecule has 0 spiro atoms. The van der Waals surface area contributed by atoms with Crippen molar-refractivity contribution in [3.8, 4) is 0 Å².